The Labute approximate surface area is 299 Å². The monoisotopic (exact) mass is 732 g/mol. The maximum atomic E-state index is 14.1. The van der Waals surface area contributed by atoms with Crippen molar-refractivity contribution < 1.29 is 41.8 Å². The van der Waals surface area contributed by atoms with E-state index < -0.39 is 60.3 Å². The summed E-state index contributed by atoms with van der Waals surface area (Å²) < 4.78 is 46.1. The smallest absolute Gasteiger partial charge is 0.419 e. The maximum absolute atomic E-state index is 14.1. The summed E-state index contributed by atoms with van der Waals surface area (Å²) in [5.41, 5.74) is 2.40. The molecule has 1 aliphatic heterocycles. The third-order valence-corrected chi connectivity index (χ3v) is 12.7. The highest BCUT2D eigenvalue weighted by molar-refractivity contribution is 7.89. The second-order valence-corrected chi connectivity index (χ2v) is 21.5. The number of ketones is 1. The summed E-state index contributed by atoms with van der Waals surface area (Å²) in [6, 6.07) is 23.1. The van der Waals surface area contributed by atoms with Gasteiger partial charge >= 0.3 is 18.0 Å². The zero-order chi connectivity index (χ0) is 36.9. The van der Waals surface area contributed by atoms with E-state index in [-0.39, 0.29) is 43.2 Å². The maximum Gasteiger partial charge on any atom is 0.419 e. The zero-order valence-electron chi connectivity index (χ0n) is 29.6. The quantitative estimate of drug-likeness (QED) is 0.0962. The molecule has 0 amide bonds. The van der Waals surface area contributed by atoms with Crippen LogP contribution in [0.25, 0.3) is 10.9 Å². The summed E-state index contributed by atoms with van der Waals surface area (Å²) in [7, 11) is -4.35. The minimum absolute atomic E-state index is 0.0373. The highest BCUT2D eigenvalue weighted by atomic mass is 32.2. The second-order valence-electron chi connectivity index (χ2n) is 14.0. The number of rotatable bonds is 12. The number of ether oxygens (including phenoxy) is 3. The third-order valence-electron chi connectivity index (χ3n) is 9.09. The number of carbonyl (C=O) groups is 4. The first-order valence-electron chi connectivity index (χ1n) is 16.9. The van der Waals surface area contributed by atoms with Gasteiger partial charge in [-0.25, -0.2) is 17.8 Å². The lowest BCUT2D eigenvalue weighted by Crippen LogP contribution is -2.47. The first-order chi connectivity index (χ1) is 24.2. The van der Waals surface area contributed by atoms with Crippen LogP contribution in [0.3, 0.4) is 0 Å². The van der Waals surface area contributed by atoms with Crippen LogP contribution in [0.2, 0.25) is 25.7 Å². The van der Waals surface area contributed by atoms with E-state index in [1.54, 1.807) is 48.5 Å². The van der Waals surface area contributed by atoms with E-state index in [1.807, 2.05) is 25.1 Å². The number of esters is 2. The van der Waals surface area contributed by atoms with E-state index in [9.17, 15) is 27.6 Å². The molecule has 11 nitrogen and oxygen atoms in total. The van der Waals surface area contributed by atoms with Crippen molar-refractivity contribution in [1.29, 1.82) is 0 Å². The molecule has 2 atom stereocenters. The molecular formula is C38H44N2O9SSi. The Bertz CT molecular complexity index is 2020. The summed E-state index contributed by atoms with van der Waals surface area (Å²) in [6.45, 7) is 7.96. The molecule has 0 spiro atoms. The molecule has 1 fully saturated rings. The number of para-hydroxylation sites is 1. The Balaban J connectivity index is 1.57. The molecule has 1 aliphatic rings. The minimum Gasteiger partial charge on any atom is -0.468 e. The van der Waals surface area contributed by atoms with E-state index in [0.717, 1.165) is 21.5 Å². The fourth-order valence-corrected chi connectivity index (χ4v) is 8.45. The standard InChI is InChI=1S/C38H44N2O9SSi/c1-26-15-17-28(18-16-26)50(45,46)39-20-19-30(33(41)24-39)35(37(43)47-2)36-31(23-34(42)48-21-22-51(3,4)5)29-13-9-10-14-32(29)40(36)38(44)49-25-27-11-7-6-8-12-27/h6-18,30,35H,19-25H2,1-5H3/t30-,35-/m0/s1. The zero-order valence-corrected chi connectivity index (χ0v) is 31.4. The van der Waals surface area contributed by atoms with Gasteiger partial charge in [-0.1, -0.05) is 85.9 Å². The molecule has 0 N–H and O–H groups in total. The number of methoxy groups -OCH3 is 1. The number of piperidine rings is 1. The van der Waals surface area contributed by atoms with Gasteiger partial charge in [0, 0.05) is 31.6 Å². The molecule has 51 heavy (non-hydrogen) atoms. The summed E-state index contributed by atoms with van der Waals surface area (Å²) in [5.74, 6) is -4.33. The number of nitrogens with zero attached hydrogens (tertiary/aromatic N) is 2. The van der Waals surface area contributed by atoms with Gasteiger partial charge < -0.3 is 14.2 Å². The Hall–Kier alpha value is -4.59. The van der Waals surface area contributed by atoms with Crippen LogP contribution in [0.1, 0.15) is 34.7 Å². The Morgan fingerprint density at radius 1 is 0.922 bits per heavy atom. The van der Waals surface area contributed by atoms with Gasteiger partial charge in [0.25, 0.3) is 0 Å². The Kier molecular flexibility index (Phi) is 11.6. The van der Waals surface area contributed by atoms with Gasteiger partial charge in [0.2, 0.25) is 10.0 Å². The van der Waals surface area contributed by atoms with Crippen molar-refractivity contribution in [3.63, 3.8) is 0 Å². The SMILES string of the molecule is COC(=O)[C@H](c1c(CC(=O)OCC[Si](C)(C)C)c2ccccc2n1C(=O)OCc1ccccc1)[C@H]1CCN(S(=O)(=O)c2ccc(C)cc2)CC1=O. The number of hydrogen-bond acceptors (Lipinski definition) is 9. The van der Waals surface area contributed by atoms with Gasteiger partial charge in [-0.15, -0.1) is 0 Å². The summed E-state index contributed by atoms with van der Waals surface area (Å²) in [4.78, 5) is 55.4. The van der Waals surface area contributed by atoms with Crippen molar-refractivity contribution in [2.45, 2.75) is 62.9 Å². The van der Waals surface area contributed by atoms with Gasteiger partial charge in [-0.3, -0.25) is 14.4 Å². The van der Waals surface area contributed by atoms with Crippen LogP contribution in [-0.4, -0.2) is 76.0 Å². The molecule has 270 valence electrons. The lowest BCUT2D eigenvalue weighted by molar-refractivity contribution is -0.147. The largest absolute Gasteiger partial charge is 0.468 e. The van der Waals surface area contributed by atoms with Crippen LogP contribution < -0.4 is 0 Å². The highest BCUT2D eigenvalue weighted by Gasteiger charge is 2.45. The number of benzene rings is 3. The highest BCUT2D eigenvalue weighted by Crippen LogP contribution is 2.40. The second kappa shape index (κ2) is 15.7. The van der Waals surface area contributed by atoms with Crippen LogP contribution in [0.5, 0.6) is 0 Å². The number of carbonyl (C=O) groups excluding carboxylic acids is 4. The average Bonchev–Trinajstić information content (AvgIpc) is 3.41. The number of aryl methyl sites for hydroxylation is 1. The van der Waals surface area contributed by atoms with Crippen molar-refractivity contribution in [2.75, 3.05) is 26.8 Å². The average molecular weight is 733 g/mol. The van der Waals surface area contributed by atoms with Crippen molar-refractivity contribution in [2.24, 2.45) is 5.92 Å². The molecule has 3 aromatic carbocycles. The molecule has 4 aromatic rings. The number of aromatic nitrogens is 1. The van der Waals surface area contributed by atoms with Crippen molar-refractivity contribution >= 4 is 52.8 Å². The Morgan fingerprint density at radius 2 is 1.59 bits per heavy atom. The Morgan fingerprint density at radius 3 is 2.24 bits per heavy atom. The topological polar surface area (TPSA) is 138 Å². The fraction of sp³-hybridized carbons (Fsp3) is 0.368. The molecule has 1 saturated heterocycles. The normalized spacial score (nSPS) is 16.1. The molecule has 1 aromatic heterocycles. The molecule has 0 unspecified atom stereocenters. The van der Waals surface area contributed by atoms with Crippen LogP contribution in [0, 0.1) is 12.8 Å². The van der Waals surface area contributed by atoms with Crippen molar-refractivity contribution in [1.82, 2.24) is 8.87 Å². The van der Waals surface area contributed by atoms with Gasteiger partial charge in [-0.2, -0.15) is 4.31 Å². The molecule has 5 rings (SSSR count). The number of Topliss-reactive ketones (excluding diaryl/α,β-unsaturated/α-hetero) is 1. The molecule has 0 radical (unpaired) electrons. The van der Waals surface area contributed by atoms with E-state index in [0.29, 0.717) is 16.5 Å². The van der Waals surface area contributed by atoms with Crippen LogP contribution in [0.4, 0.5) is 4.79 Å². The number of sulfonamides is 1. The van der Waals surface area contributed by atoms with Crippen LogP contribution >= 0.6 is 0 Å². The van der Waals surface area contributed by atoms with Crippen molar-refractivity contribution in [3.05, 3.63) is 101 Å². The van der Waals surface area contributed by atoms with Gasteiger partial charge in [0.1, 0.15) is 12.5 Å². The molecule has 0 saturated carbocycles. The van der Waals surface area contributed by atoms with Crippen LogP contribution in [-0.2, 0) is 51.6 Å². The summed E-state index contributed by atoms with van der Waals surface area (Å²) >= 11 is 0. The number of hydrogen-bond donors (Lipinski definition) is 0. The first kappa shape index (κ1) is 37.7. The van der Waals surface area contributed by atoms with E-state index >= 15 is 0 Å². The minimum atomic E-state index is -4.01. The molecule has 0 aliphatic carbocycles. The van der Waals surface area contributed by atoms with Gasteiger partial charge in [0.15, 0.2) is 5.78 Å². The van der Waals surface area contributed by atoms with Gasteiger partial charge in [-0.05, 0) is 48.7 Å². The number of fused-ring (bicyclic) bond motifs is 1. The van der Waals surface area contributed by atoms with E-state index in [2.05, 4.69) is 19.6 Å². The molecule has 2 heterocycles. The first-order valence-corrected chi connectivity index (χ1v) is 22.0. The summed E-state index contributed by atoms with van der Waals surface area (Å²) in [5, 5.41) is 0.507. The molecular weight excluding hydrogens is 689 g/mol. The van der Waals surface area contributed by atoms with Crippen molar-refractivity contribution in [3.8, 4) is 0 Å². The van der Waals surface area contributed by atoms with Gasteiger partial charge in [0.05, 0.1) is 37.1 Å². The van der Waals surface area contributed by atoms with E-state index in [1.165, 1.54) is 23.8 Å². The fourth-order valence-electron chi connectivity index (χ4n) is 6.31. The lowest BCUT2D eigenvalue weighted by Gasteiger charge is -2.34. The summed E-state index contributed by atoms with van der Waals surface area (Å²) in [6.07, 6.45) is -1.14. The third kappa shape index (κ3) is 8.66. The van der Waals surface area contributed by atoms with Crippen LogP contribution in [0.15, 0.2) is 83.8 Å². The van der Waals surface area contributed by atoms with E-state index in [4.69, 9.17) is 14.2 Å². The lowest BCUT2D eigenvalue weighted by atomic mass is 9.80. The molecule has 13 heteroatoms. The molecule has 0 bridgehead atoms. The predicted octanol–water partition coefficient (Wildman–Crippen LogP) is 6.10. The predicted molar refractivity (Wildman–Crippen MR) is 195 cm³/mol.